The quantitative estimate of drug-likeness (QED) is 0.422. The van der Waals surface area contributed by atoms with E-state index >= 15 is 0 Å². The molecule has 4 heterocycles. The summed E-state index contributed by atoms with van der Waals surface area (Å²) < 4.78 is 1.27. The fourth-order valence-corrected chi connectivity index (χ4v) is 6.59. The van der Waals surface area contributed by atoms with E-state index in [0.717, 1.165) is 56.9 Å². The third kappa shape index (κ3) is 4.95. The molecule has 0 saturated carbocycles. The summed E-state index contributed by atoms with van der Waals surface area (Å²) >= 11 is 2.36. The largest absolute Gasteiger partial charge is 0.371 e. The van der Waals surface area contributed by atoms with Gasteiger partial charge in [0.2, 0.25) is 11.8 Å². The second-order valence-corrected chi connectivity index (χ2v) is 11.8. The van der Waals surface area contributed by atoms with Gasteiger partial charge in [0.25, 0.3) is 5.91 Å². The molecule has 0 aromatic heterocycles. The van der Waals surface area contributed by atoms with Crippen LogP contribution in [0.4, 0.5) is 11.4 Å². The predicted molar refractivity (Wildman–Crippen MR) is 150 cm³/mol. The highest BCUT2D eigenvalue weighted by molar-refractivity contribution is 14.1. The van der Waals surface area contributed by atoms with E-state index in [1.54, 1.807) is 4.90 Å². The van der Waals surface area contributed by atoms with Gasteiger partial charge in [0.05, 0.1) is 6.67 Å². The molecule has 3 saturated heterocycles. The Morgan fingerprint density at radius 1 is 0.838 bits per heavy atom. The first-order valence-electron chi connectivity index (χ1n) is 13.2. The molecule has 2 aromatic rings. The topological polar surface area (TPSA) is 76.2 Å². The number of carbonyl (C=O) groups excluding carboxylic acids is 3. The molecule has 9 heteroatoms. The van der Waals surface area contributed by atoms with Gasteiger partial charge in [0, 0.05) is 65.7 Å². The molecular weight excluding hydrogens is 581 g/mol. The Balaban J connectivity index is 1.07. The molecule has 4 aliphatic heterocycles. The monoisotopic (exact) mass is 613 g/mol. The van der Waals surface area contributed by atoms with Gasteiger partial charge in [0.15, 0.2) is 0 Å². The summed E-state index contributed by atoms with van der Waals surface area (Å²) in [6.45, 7) is 5.67. The number of benzene rings is 2. The van der Waals surface area contributed by atoms with Gasteiger partial charge in [-0.1, -0.05) is 0 Å². The fourth-order valence-electron chi connectivity index (χ4n) is 6.23. The Morgan fingerprint density at radius 3 is 2.35 bits per heavy atom. The zero-order chi connectivity index (χ0) is 25.5. The van der Waals surface area contributed by atoms with E-state index in [-0.39, 0.29) is 24.1 Å². The molecule has 6 rings (SSSR count). The zero-order valence-electron chi connectivity index (χ0n) is 20.9. The number of halogens is 1. The molecule has 0 radical (unpaired) electrons. The lowest BCUT2D eigenvalue weighted by Crippen LogP contribution is -2.52. The standard InChI is InChI=1S/C28H32IN5O3/c29-20-2-4-21(5-3-20)32-12-1-13-33(18-32)22-10-14-31(15-11-22)23-6-7-24-19(16-23)17-34(28(24)37)25-8-9-26(35)30-27(25)36/h2-7,16,22,25H,1,8-15,17-18H2,(H,30,35,36). The van der Waals surface area contributed by atoms with Crippen LogP contribution in [-0.2, 0) is 16.1 Å². The predicted octanol–water partition coefficient (Wildman–Crippen LogP) is 3.19. The molecule has 0 bridgehead atoms. The maximum Gasteiger partial charge on any atom is 0.255 e. The second-order valence-electron chi connectivity index (χ2n) is 10.5. The van der Waals surface area contributed by atoms with Gasteiger partial charge in [-0.15, -0.1) is 0 Å². The molecule has 3 amide bonds. The number of rotatable bonds is 4. The molecule has 1 atom stereocenters. The second kappa shape index (κ2) is 10.2. The van der Waals surface area contributed by atoms with Crippen molar-refractivity contribution in [1.82, 2.24) is 15.1 Å². The minimum atomic E-state index is -0.569. The lowest BCUT2D eigenvalue weighted by atomic mass is 10.0. The Bertz CT molecular complexity index is 1210. The average Bonchev–Trinajstić information content (AvgIpc) is 3.24. The maximum absolute atomic E-state index is 13.0. The van der Waals surface area contributed by atoms with Crippen LogP contribution < -0.4 is 15.1 Å². The van der Waals surface area contributed by atoms with E-state index in [4.69, 9.17) is 0 Å². The number of hydrogen-bond donors (Lipinski definition) is 1. The van der Waals surface area contributed by atoms with Crippen LogP contribution in [0, 0.1) is 3.57 Å². The highest BCUT2D eigenvalue weighted by atomic mass is 127. The van der Waals surface area contributed by atoms with Crippen LogP contribution >= 0.6 is 22.6 Å². The van der Waals surface area contributed by atoms with Crippen molar-refractivity contribution < 1.29 is 14.4 Å². The van der Waals surface area contributed by atoms with Crippen LogP contribution in [0.1, 0.15) is 48.0 Å². The van der Waals surface area contributed by atoms with Gasteiger partial charge >= 0.3 is 0 Å². The van der Waals surface area contributed by atoms with E-state index in [1.807, 2.05) is 12.1 Å². The molecule has 1 N–H and O–H groups in total. The van der Waals surface area contributed by atoms with Crippen LogP contribution in [0.25, 0.3) is 0 Å². The van der Waals surface area contributed by atoms with Crippen molar-refractivity contribution in [3.8, 4) is 0 Å². The van der Waals surface area contributed by atoms with Crippen LogP contribution in [0.5, 0.6) is 0 Å². The lowest BCUT2D eigenvalue weighted by molar-refractivity contribution is -0.136. The van der Waals surface area contributed by atoms with Crippen molar-refractivity contribution in [2.75, 3.05) is 42.6 Å². The summed E-state index contributed by atoms with van der Waals surface area (Å²) in [6, 6.07) is 14.9. The van der Waals surface area contributed by atoms with E-state index in [2.05, 4.69) is 72.9 Å². The number of nitrogens with one attached hydrogen (secondary N) is 1. The van der Waals surface area contributed by atoms with E-state index in [1.165, 1.54) is 15.7 Å². The van der Waals surface area contributed by atoms with Crippen molar-refractivity contribution in [2.24, 2.45) is 0 Å². The molecule has 1 unspecified atom stereocenters. The summed E-state index contributed by atoms with van der Waals surface area (Å²) in [5.41, 5.74) is 4.10. The smallest absolute Gasteiger partial charge is 0.255 e. The van der Waals surface area contributed by atoms with Gasteiger partial charge in [0.1, 0.15) is 6.04 Å². The summed E-state index contributed by atoms with van der Waals surface area (Å²) in [6.07, 6.45) is 4.10. The molecule has 0 aliphatic carbocycles. The zero-order valence-corrected chi connectivity index (χ0v) is 23.0. The van der Waals surface area contributed by atoms with Crippen molar-refractivity contribution >= 4 is 51.7 Å². The first-order valence-corrected chi connectivity index (χ1v) is 14.3. The minimum absolute atomic E-state index is 0.113. The third-order valence-electron chi connectivity index (χ3n) is 8.27. The van der Waals surface area contributed by atoms with Crippen LogP contribution in [-0.4, -0.2) is 72.5 Å². The number of hydrogen-bond acceptors (Lipinski definition) is 6. The van der Waals surface area contributed by atoms with Crippen LogP contribution in [0.2, 0.25) is 0 Å². The summed E-state index contributed by atoms with van der Waals surface area (Å²) in [4.78, 5) is 46.1. The molecule has 3 fully saturated rings. The molecular formula is C28H32IN5O3. The fraction of sp³-hybridized carbons (Fsp3) is 0.464. The summed E-state index contributed by atoms with van der Waals surface area (Å²) in [5, 5.41) is 2.37. The van der Waals surface area contributed by atoms with Gasteiger partial charge < -0.3 is 14.7 Å². The third-order valence-corrected chi connectivity index (χ3v) is 8.99. The molecule has 194 valence electrons. The summed E-state index contributed by atoms with van der Waals surface area (Å²) in [7, 11) is 0. The van der Waals surface area contributed by atoms with Crippen LogP contribution in [0.15, 0.2) is 42.5 Å². The van der Waals surface area contributed by atoms with Crippen LogP contribution in [0.3, 0.4) is 0 Å². The van der Waals surface area contributed by atoms with Gasteiger partial charge in [-0.2, -0.15) is 0 Å². The van der Waals surface area contributed by atoms with E-state index in [9.17, 15) is 14.4 Å². The Morgan fingerprint density at radius 2 is 1.59 bits per heavy atom. The normalized spacial score (nSPS) is 23.4. The van der Waals surface area contributed by atoms with E-state index < -0.39 is 6.04 Å². The highest BCUT2D eigenvalue weighted by Crippen LogP contribution is 2.32. The molecule has 2 aromatic carbocycles. The highest BCUT2D eigenvalue weighted by Gasteiger charge is 2.39. The number of carbonyl (C=O) groups is 3. The number of imide groups is 1. The summed E-state index contributed by atoms with van der Waals surface area (Å²) in [5.74, 6) is -0.737. The molecule has 0 spiro atoms. The Kier molecular flexibility index (Phi) is 6.83. The Labute approximate surface area is 231 Å². The van der Waals surface area contributed by atoms with E-state index in [0.29, 0.717) is 24.6 Å². The van der Waals surface area contributed by atoms with Crippen molar-refractivity contribution in [1.29, 1.82) is 0 Å². The van der Waals surface area contributed by atoms with Crippen molar-refractivity contribution in [3.05, 3.63) is 57.2 Å². The number of piperidine rings is 2. The van der Waals surface area contributed by atoms with Gasteiger partial charge in [-0.25, -0.2) is 0 Å². The first kappa shape index (κ1) is 24.7. The number of anilines is 2. The van der Waals surface area contributed by atoms with Gasteiger partial charge in [-0.3, -0.25) is 24.6 Å². The molecule has 37 heavy (non-hydrogen) atoms. The average molecular weight is 614 g/mol. The van der Waals surface area contributed by atoms with Gasteiger partial charge in [-0.05, 0) is 96.3 Å². The Hall–Kier alpha value is -2.66. The van der Waals surface area contributed by atoms with Crippen molar-refractivity contribution in [3.63, 3.8) is 0 Å². The minimum Gasteiger partial charge on any atom is -0.371 e. The number of nitrogens with zero attached hydrogens (tertiary/aromatic N) is 4. The first-order chi connectivity index (χ1) is 18.0. The molecule has 8 nitrogen and oxygen atoms in total. The van der Waals surface area contributed by atoms with Crippen molar-refractivity contribution in [2.45, 2.75) is 50.7 Å². The maximum atomic E-state index is 13.0. The SMILES string of the molecule is O=C1CCC(N2Cc3cc(N4CCC(N5CCCN(c6ccc(I)cc6)C5)CC4)ccc3C2=O)C(=O)N1. The number of fused-ring (bicyclic) bond motifs is 1. The lowest BCUT2D eigenvalue weighted by Gasteiger charge is -2.44. The molecule has 4 aliphatic rings. The number of amides is 3.